The number of aliphatic hydroxyl groups excluding tert-OH is 2. The third-order valence-corrected chi connectivity index (χ3v) is 24.5. The summed E-state index contributed by atoms with van der Waals surface area (Å²) >= 11 is -1.91. The monoisotopic (exact) mass is 2090 g/mol. The van der Waals surface area contributed by atoms with Crippen molar-refractivity contribution in [2.75, 3.05) is 60.7 Å². The fourth-order valence-corrected chi connectivity index (χ4v) is 18.2. The molecule has 5 heterocycles. The second-order valence-corrected chi connectivity index (χ2v) is 33.7. The number of carboxylic acids is 3. The zero-order valence-corrected chi connectivity index (χ0v) is 77.0. The van der Waals surface area contributed by atoms with Gasteiger partial charge in [-0.3, -0.25) is 0 Å². The van der Waals surface area contributed by atoms with Gasteiger partial charge in [0.1, 0.15) is 0 Å². The summed E-state index contributed by atoms with van der Waals surface area (Å²) in [6.07, 6.45) is 23.2. The number of ether oxygens (including phenoxy) is 1. The molecular weight excluding hydrogens is 1990 g/mol. The average Bonchev–Trinajstić information content (AvgIpc) is 1.71. The number of carbonyl (C=O) groups is 5. The van der Waals surface area contributed by atoms with Crippen LogP contribution in [0.5, 0.6) is 0 Å². The normalized spacial score (nSPS) is 12.1. The van der Waals surface area contributed by atoms with E-state index in [0.717, 1.165) is 66.6 Å². The average molecular weight is 2090 g/mol. The SMILES string of the molecule is CCCCCCCCCCCCC/C=C/[C@@H](O)[C@H](CO)NC(=O)CCCCCNc1ccc([N+](=O)[O-])c2n[se]nc12.N#CCOC(=O)C(N)CNc1ccc([N+](=O)[O-])c2n[se]nc12.NC(CNc1ccc([N+](=O)[O-])c2n[se]nc12)C(=O)O.NC(Cc1ccc(-c2ccc([N+](=O)[O-])c3n[se]nc23)cc1)C(=O)O.O=C(O)CCCCCNc1ccc([N+](=O)[O-])c2n[se]nc12. The molecule has 5 atom stereocenters. The van der Waals surface area contributed by atoms with E-state index in [-0.39, 0.29) is 129 Å². The summed E-state index contributed by atoms with van der Waals surface area (Å²) in [6, 6.07) is 20.1. The third-order valence-electron chi connectivity index (χ3n) is 19.0. The minimum absolute atomic E-state index is 0.00209. The van der Waals surface area contributed by atoms with Gasteiger partial charge in [0, 0.05) is 0 Å². The van der Waals surface area contributed by atoms with Crippen LogP contribution in [0.3, 0.4) is 0 Å². The van der Waals surface area contributed by atoms with Crippen LogP contribution in [-0.2, 0) is 35.1 Å². The number of nitriles is 1. The fraction of sp³-hybridized carbons (Fsp3) is 0.429. The van der Waals surface area contributed by atoms with Gasteiger partial charge >= 0.3 is 641 Å². The molecule has 11 aromatic rings. The van der Waals surface area contributed by atoms with Gasteiger partial charge in [-0.1, -0.05) is 83.3 Å². The maximum absolute atomic E-state index is 12.3. The van der Waals surface area contributed by atoms with Crippen LogP contribution in [0.2, 0.25) is 0 Å². The first-order valence-electron chi connectivity index (χ1n) is 39.8. The molecule has 0 saturated heterocycles. The molecule has 0 radical (unpaired) electrons. The van der Waals surface area contributed by atoms with E-state index >= 15 is 0 Å². The number of hydrogen-bond acceptors (Lipinski definition) is 36. The quantitative estimate of drug-likeness (QED) is 0.00442. The van der Waals surface area contributed by atoms with Crippen LogP contribution in [0.4, 0.5) is 51.2 Å². The Morgan fingerprint density at radius 2 is 0.827 bits per heavy atom. The fourth-order valence-electron chi connectivity index (χ4n) is 12.2. The number of carbonyl (C=O) groups excluding carboxylic acids is 2. The van der Waals surface area contributed by atoms with Gasteiger partial charge in [-0.2, -0.15) is 0 Å². The van der Waals surface area contributed by atoms with Gasteiger partial charge in [-0.15, -0.1) is 0 Å². The molecule has 5 aromatic heterocycles. The van der Waals surface area contributed by atoms with Crippen LogP contribution in [0, 0.1) is 61.9 Å². The Morgan fingerprint density at radius 3 is 1.22 bits per heavy atom. The summed E-state index contributed by atoms with van der Waals surface area (Å²) in [4.78, 5) is 108. The van der Waals surface area contributed by atoms with Crippen molar-refractivity contribution in [2.45, 2.75) is 172 Å². The number of aromatic nitrogens is 10. The van der Waals surface area contributed by atoms with Gasteiger partial charge in [0.15, 0.2) is 0 Å². The summed E-state index contributed by atoms with van der Waals surface area (Å²) in [7, 11) is 0. The molecule has 0 aliphatic carbocycles. The number of non-ortho nitro benzene ring substituents is 5. The van der Waals surface area contributed by atoms with E-state index in [1.165, 1.54) is 107 Å². The van der Waals surface area contributed by atoms with Gasteiger partial charge in [0.25, 0.3) is 0 Å². The molecule has 50 heteroatoms. The van der Waals surface area contributed by atoms with Gasteiger partial charge in [-0.25, -0.2) is 0 Å². The first-order valence-corrected chi connectivity index (χ1v) is 47.5. The number of fused-ring (bicyclic) bond motifs is 5. The number of nitro benzene ring substituents is 5. The number of aliphatic hydroxyl groups is 2. The number of allylic oxidation sites excluding steroid dienone is 1. The number of hydrogen-bond donors (Lipinski definition) is 13. The molecule has 45 nitrogen and oxygen atoms in total. The first-order chi connectivity index (χ1) is 61.1. The van der Waals surface area contributed by atoms with Crippen LogP contribution in [0.25, 0.3) is 66.3 Å². The summed E-state index contributed by atoms with van der Waals surface area (Å²) in [5.74, 6) is -3.85. The maximum atomic E-state index is 12.3. The Morgan fingerprint density at radius 1 is 0.465 bits per heavy atom. The summed E-state index contributed by atoms with van der Waals surface area (Å²) in [6.45, 7) is 2.92. The number of nitro groups is 5. The van der Waals surface area contributed by atoms with Crippen molar-refractivity contribution < 1.29 is 78.9 Å². The van der Waals surface area contributed by atoms with E-state index in [0.29, 0.717) is 87.9 Å². The summed E-state index contributed by atoms with van der Waals surface area (Å²) < 4.78 is 46.2. The van der Waals surface area contributed by atoms with E-state index < -0.39 is 109 Å². The molecule has 16 N–H and O–H groups in total. The zero-order chi connectivity index (χ0) is 92.3. The second kappa shape index (κ2) is 54.5. The number of anilines is 4. The summed E-state index contributed by atoms with van der Waals surface area (Å²) in [5, 5.41) is 124. The Balaban J connectivity index is 0.000000225. The van der Waals surface area contributed by atoms with Gasteiger partial charge in [0.05, 0.1) is 12.7 Å². The molecule has 1 amide bonds. The molecule has 678 valence electrons. The molecule has 0 saturated carbocycles. The van der Waals surface area contributed by atoms with Crippen LogP contribution in [0.1, 0.15) is 141 Å². The molecule has 11 rings (SSSR count). The van der Waals surface area contributed by atoms with Crippen LogP contribution >= 0.6 is 0 Å². The molecule has 6 aromatic carbocycles. The first kappa shape index (κ1) is 103. The molecule has 0 aliphatic rings. The predicted octanol–water partition coefficient (Wildman–Crippen LogP) is 7.35. The number of benzene rings is 6. The van der Waals surface area contributed by atoms with Gasteiger partial charge < -0.3 is 10.2 Å². The van der Waals surface area contributed by atoms with Crippen LogP contribution in [-0.4, -0.2) is 264 Å². The number of nitrogens with zero attached hydrogens (tertiary/aromatic N) is 16. The van der Waals surface area contributed by atoms with Crippen molar-refractivity contribution in [3.05, 3.63) is 153 Å². The number of esters is 1. The van der Waals surface area contributed by atoms with Crippen LogP contribution < -0.4 is 43.8 Å². The third kappa shape index (κ3) is 32.7. The van der Waals surface area contributed by atoms with Crippen LogP contribution in [0.15, 0.2) is 97.1 Å². The molecule has 0 bridgehead atoms. The Labute approximate surface area is 755 Å². The van der Waals surface area contributed by atoms with Crippen molar-refractivity contribution >= 4 is 211 Å². The Kier molecular flexibility index (Phi) is 44.0. The molecular formula is C77H94N24O21Se5. The minimum atomic E-state index is -1.13. The van der Waals surface area contributed by atoms with Crippen molar-refractivity contribution in [1.82, 2.24) is 45.1 Å². The number of nitrogens with one attached hydrogen (secondary N) is 5. The molecule has 0 aliphatic heterocycles. The zero-order valence-electron chi connectivity index (χ0n) is 68.4. The van der Waals surface area contributed by atoms with E-state index in [1.807, 2.05) is 18.2 Å². The standard InChI is InChI=1S/C30H49N5O5Se.C15H12N4O4Se.C12H14N4O4Se.C11H10N6O4Se.C9H9N5O4Se/c1-2-3-4-5-6-7-8-9-10-11-12-13-15-18-27(37)25(23-36)32-28(38)19-16-14-17-22-31-24-20-21-26(35(39)40)30-29(24)33-41-34-30;16-11(15(20)21)7-8-1-3-9(4-2-8)10-5-6-12(19(22)23)14-13(10)17-24-18-14;17-10(18)4-2-1-3-7-13-8-5-6-9(16(19)20)12-11(8)14-21-15-12;12-3-4-21-11(18)6(13)5-14-7-1-2-8(17(19)20)10-9(7)15-22-16-10;10-4(9(15)16)3-11-5-1-2-6(14(17)18)8-7(5)12-19-13-8/h15,18,20-21,25,27,31,36-37H,2-14,16-17,19,22-23H2,1H3,(H,32,38);1-6,11H,7,16H2,(H,20,21);5-6,13H,1-4,7H2,(H,17,18);1-2,6,14H,4-5,13H2;1-2,4,11H,3,10H2,(H,15,16)/b18-15+;;;;/t25-,27+;;;;/m0..../s1. The number of unbranched alkanes of at least 4 members (excludes halogenated alkanes) is 15. The number of aliphatic carboxylic acids is 3. The topological polar surface area (TPSA) is 702 Å². The summed E-state index contributed by atoms with van der Waals surface area (Å²) in [5.41, 5.74) is 25.1. The molecule has 127 heavy (non-hydrogen) atoms. The second-order valence-electron chi connectivity index (χ2n) is 28.1. The Bertz CT molecular complexity index is 5580. The van der Waals surface area contributed by atoms with Crippen molar-refractivity contribution in [3.63, 3.8) is 0 Å². The van der Waals surface area contributed by atoms with E-state index in [9.17, 15) is 84.8 Å². The van der Waals surface area contributed by atoms with Crippen molar-refractivity contribution in [3.8, 4) is 17.2 Å². The number of nitrogens with two attached hydrogens (primary N) is 3. The van der Waals surface area contributed by atoms with E-state index in [1.54, 1.807) is 42.5 Å². The van der Waals surface area contributed by atoms with E-state index in [4.69, 9.17) is 37.8 Å². The number of rotatable bonds is 48. The molecule has 0 fully saturated rings. The van der Waals surface area contributed by atoms with Gasteiger partial charge in [-0.05, 0) is 12.8 Å². The van der Waals surface area contributed by atoms with Gasteiger partial charge in [0.2, 0.25) is 0 Å². The number of amides is 1. The molecule has 3 unspecified atom stereocenters. The van der Waals surface area contributed by atoms with E-state index in [2.05, 4.69) is 78.0 Å². The number of carboxylic acid groups (broad SMARTS) is 3. The Hall–Kier alpha value is -11.5. The van der Waals surface area contributed by atoms with Crippen molar-refractivity contribution in [2.24, 2.45) is 17.2 Å². The van der Waals surface area contributed by atoms with Crippen molar-refractivity contribution in [1.29, 1.82) is 5.26 Å². The predicted molar refractivity (Wildman–Crippen MR) is 474 cm³/mol. The molecule has 0 spiro atoms.